The van der Waals surface area contributed by atoms with Gasteiger partial charge in [-0.25, -0.2) is 0 Å². The maximum absolute atomic E-state index is 5.56. The van der Waals surface area contributed by atoms with Gasteiger partial charge in [0.1, 0.15) is 0 Å². The van der Waals surface area contributed by atoms with Gasteiger partial charge in [-0.3, -0.25) is 0 Å². The maximum atomic E-state index is 5.56. The summed E-state index contributed by atoms with van der Waals surface area (Å²) in [5.41, 5.74) is 0. The Morgan fingerprint density at radius 1 is 0.750 bits per heavy atom. The summed E-state index contributed by atoms with van der Waals surface area (Å²) in [7, 11) is 0. The quantitative estimate of drug-likeness (QED) is 0.327. The largest absolute Gasteiger partial charge is 0.127 e. The molecule has 76 valence electrons. The highest BCUT2D eigenvalue weighted by molar-refractivity contribution is 6.17. The van der Waals surface area contributed by atoms with E-state index in [1.54, 1.807) is 0 Å². The third kappa shape index (κ3) is 13.1. The number of hydrogen-bond acceptors (Lipinski definition) is 0. The van der Waals surface area contributed by atoms with Gasteiger partial charge in [0, 0.05) is 5.88 Å². The van der Waals surface area contributed by atoms with Crippen molar-refractivity contribution in [2.75, 3.05) is 5.88 Å². The lowest BCUT2D eigenvalue weighted by Gasteiger charge is -1.98. The van der Waals surface area contributed by atoms with Crippen LogP contribution in [0.5, 0.6) is 0 Å². The summed E-state index contributed by atoms with van der Waals surface area (Å²) in [4.78, 5) is 0. The zero-order valence-corrected chi connectivity index (χ0v) is 8.50. The first-order valence-electron chi connectivity index (χ1n) is 4.97. The molecule has 0 heterocycles. The molecule has 0 amide bonds. The van der Waals surface area contributed by atoms with Gasteiger partial charge in [0.05, 0.1) is 0 Å². The Morgan fingerprint density at radius 2 is 1.17 bits per heavy atom. The average molecular weight is 209 g/mol. The lowest BCUT2D eigenvalue weighted by atomic mass is 10.1. The van der Waals surface area contributed by atoms with Crippen molar-refractivity contribution in [3.8, 4) is 0 Å². The summed E-state index contributed by atoms with van der Waals surface area (Å²) in [5.74, 6) is 0.842. The van der Waals surface area contributed by atoms with Gasteiger partial charge >= 0.3 is 0 Å². The molecule has 0 aromatic heterocycles. The molecular weight excluding hydrogens is 184 g/mol. The van der Waals surface area contributed by atoms with Crippen LogP contribution in [0.2, 0.25) is 0 Å². The van der Waals surface area contributed by atoms with Gasteiger partial charge in [-0.05, 0) is 17.4 Å². The van der Waals surface area contributed by atoms with E-state index in [9.17, 15) is 0 Å². The second kappa shape index (κ2) is 14.1. The van der Waals surface area contributed by atoms with Crippen LogP contribution < -0.4 is 0 Å². The Morgan fingerprint density at radius 3 is 1.58 bits per heavy atom. The van der Waals surface area contributed by atoms with Crippen molar-refractivity contribution in [3.05, 3.63) is 0 Å². The normalized spacial score (nSPS) is 9.50. The average Bonchev–Trinajstić information content (AvgIpc) is 2.03. The molecule has 0 unspecified atom stereocenters. The van der Waals surface area contributed by atoms with Crippen LogP contribution in [-0.2, 0) is 0 Å². The Kier molecular flexibility index (Phi) is 17.6. The molecule has 0 radical (unpaired) electrons. The summed E-state index contributed by atoms with van der Waals surface area (Å²) >= 11 is 5.56. The molecule has 0 bridgehead atoms. The summed E-state index contributed by atoms with van der Waals surface area (Å²) in [5, 5.41) is 0. The molecule has 0 spiro atoms. The highest BCUT2D eigenvalue weighted by atomic mass is 35.5. The lowest BCUT2D eigenvalue weighted by molar-refractivity contribution is 0.586. The van der Waals surface area contributed by atoms with Gasteiger partial charge in [-0.1, -0.05) is 51.9 Å². The molecule has 0 aliphatic rings. The van der Waals surface area contributed by atoms with Crippen LogP contribution in [0, 0.1) is 0 Å². The molecule has 0 nitrogen and oxygen atoms in total. The standard InChI is InChI=1S/C10H21Cl.H4Si/c1-2-3-4-5-6-7-8-9-10-11;/h2-10H2,1H3;1H4. The van der Waals surface area contributed by atoms with E-state index in [0.29, 0.717) is 0 Å². The third-order valence-corrected chi connectivity index (χ3v) is 2.25. The predicted octanol–water partition coefficient (Wildman–Crippen LogP) is 2.91. The minimum atomic E-state index is 0. The van der Waals surface area contributed by atoms with Crippen LogP contribution in [0.3, 0.4) is 0 Å². The summed E-state index contributed by atoms with van der Waals surface area (Å²) in [6.07, 6.45) is 10.9. The smallest absolute Gasteiger partial charge is 0.0223 e. The zero-order chi connectivity index (χ0) is 8.36. The van der Waals surface area contributed by atoms with Gasteiger partial charge in [-0.2, -0.15) is 0 Å². The van der Waals surface area contributed by atoms with Gasteiger partial charge in [0.15, 0.2) is 0 Å². The molecule has 12 heavy (non-hydrogen) atoms. The molecule has 0 aromatic carbocycles. The van der Waals surface area contributed by atoms with Crippen LogP contribution >= 0.6 is 11.6 Å². The molecule has 0 saturated carbocycles. The van der Waals surface area contributed by atoms with Crippen molar-refractivity contribution in [1.29, 1.82) is 0 Å². The van der Waals surface area contributed by atoms with E-state index in [2.05, 4.69) is 6.92 Å². The molecule has 0 aliphatic carbocycles. The van der Waals surface area contributed by atoms with Crippen LogP contribution in [0.4, 0.5) is 0 Å². The van der Waals surface area contributed by atoms with E-state index < -0.39 is 0 Å². The van der Waals surface area contributed by atoms with E-state index in [-0.39, 0.29) is 11.0 Å². The van der Waals surface area contributed by atoms with E-state index in [1.165, 1.54) is 51.4 Å². The van der Waals surface area contributed by atoms with E-state index in [0.717, 1.165) is 5.88 Å². The topological polar surface area (TPSA) is 0 Å². The fourth-order valence-electron chi connectivity index (χ4n) is 1.23. The van der Waals surface area contributed by atoms with Crippen molar-refractivity contribution in [3.63, 3.8) is 0 Å². The highest BCUT2D eigenvalue weighted by Crippen LogP contribution is 2.08. The van der Waals surface area contributed by atoms with Crippen molar-refractivity contribution in [1.82, 2.24) is 0 Å². The monoisotopic (exact) mass is 208 g/mol. The number of rotatable bonds is 8. The van der Waals surface area contributed by atoms with E-state index in [4.69, 9.17) is 11.6 Å². The number of unbranched alkanes of at least 4 members (excludes halogenated alkanes) is 7. The Hall–Kier alpha value is 0.507. The first-order valence-corrected chi connectivity index (χ1v) is 5.51. The number of alkyl halides is 1. The lowest BCUT2D eigenvalue weighted by Crippen LogP contribution is -1.80. The number of halogens is 1. The molecule has 0 N–H and O–H groups in total. The Balaban J connectivity index is 0. The minimum Gasteiger partial charge on any atom is -0.127 e. The fourth-order valence-corrected chi connectivity index (χ4v) is 1.42. The third-order valence-electron chi connectivity index (χ3n) is 1.99. The second-order valence-electron chi connectivity index (χ2n) is 3.16. The minimum absolute atomic E-state index is 0. The number of hydrogen-bond donors (Lipinski definition) is 0. The van der Waals surface area contributed by atoms with Crippen LogP contribution in [-0.4, -0.2) is 16.8 Å². The Labute approximate surface area is 87.1 Å². The summed E-state index contributed by atoms with van der Waals surface area (Å²) in [6, 6.07) is 0. The molecular formula is C10H25ClSi. The van der Waals surface area contributed by atoms with Crippen molar-refractivity contribution in [2.45, 2.75) is 58.3 Å². The fraction of sp³-hybridized carbons (Fsp3) is 1.00. The summed E-state index contributed by atoms with van der Waals surface area (Å²) in [6.45, 7) is 2.26. The van der Waals surface area contributed by atoms with Gasteiger partial charge in [-0.15, -0.1) is 11.6 Å². The van der Waals surface area contributed by atoms with Crippen molar-refractivity contribution < 1.29 is 0 Å². The molecule has 0 fully saturated rings. The van der Waals surface area contributed by atoms with E-state index >= 15 is 0 Å². The van der Waals surface area contributed by atoms with Crippen molar-refractivity contribution in [2.24, 2.45) is 0 Å². The predicted molar refractivity (Wildman–Crippen MR) is 64.7 cm³/mol. The van der Waals surface area contributed by atoms with Crippen LogP contribution in [0.25, 0.3) is 0 Å². The van der Waals surface area contributed by atoms with Crippen LogP contribution in [0.1, 0.15) is 58.3 Å². The van der Waals surface area contributed by atoms with Gasteiger partial charge < -0.3 is 0 Å². The van der Waals surface area contributed by atoms with Crippen LogP contribution in [0.15, 0.2) is 0 Å². The molecule has 0 aliphatic heterocycles. The van der Waals surface area contributed by atoms with Gasteiger partial charge in [0.2, 0.25) is 0 Å². The SMILES string of the molecule is CCCCCCCCCCCl.[SiH4]. The molecule has 2 heteroatoms. The molecule has 0 aromatic rings. The highest BCUT2D eigenvalue weighted by Gasteiger charge is 1.89. The molecule has 0 rings (SSSR count). The Bertz CT molecular complexity index is 58.9. The van der Waals surface area contributed by atoms with Crippen molar-refractivity contribution >= 4 is 22.6 Å². The molecule has 0 saturated heterocycles. The second-order valence-corrected chi connectivity index (χ2v) is 3.54. The molecule has 0 atom stereocenters. The van der Waals surface area contributed by atoms with Gasteiger partial charge in [0.25, 0.3) is 0 Å². The zero-order valence-electron chi connectivity index (χ0n) is 7.74. The maximum Gasteiger partial charge on any atom is 0.0223 e. The summed E-state index contributed by atoms with van der Waals surface area (Å²) < 4.78 is 0. The first kappa shape index (κ1) is 15.0. The first-order chi connectivity index (χ1) is 5.41. The van der Waals surface area contributed by atoms with E-state index in [1.807, 2.05) is 0 Å².